The summed E-state index contributed by atoms with van der Waals surface area (Å²) in [7, 11) is 0. The fourth-order valence-electron chi connectivity index (χ4n) is 1.93. The molecule has 1 amide bonds. The van der Waals surface area contributed by atoms with Crippen LogP contribution >= 0.6 is 11.3 Å². The molecule has 1 saturated heterocycles. The Balaban J connectivity index is 2.12. The smallest absolute Gasteiger partial charge is 0.263 e. The van der Waals surface area contributed by atoms with Gasteiger partial charge in [0.25, 0.3) is 5.91 Å². The van der Waals surface area contributed by atoms with Gasteiger partial charge >= 0.3 is 0 Å². The second-order valence-electron chi connectivity index (χ2n) is 4.20. The van der Waals surface area contributed by atoms with E-state index in [1.54, 1.807) is 11.3 Å². The molecule has 2 rings (SSSR count). The van der Waals surface area contributed by atoms with Gasteiger partial charge in [-0.25, -0.2) is 0 Å². The van der Waals surface area contributed by atoms with Crippen molar-refractivity contribution >= 4 is 17.2 Å². The van der Waals surface area contributed by atoms with E-state index in [4.69, 9.17) is 0 Å². The number of piperidine rings is 1. The van der Waals surface area contributed by atoms with Crippen LogP contribution in [0.2, 0.25) is 0 Å². The van der Waals surface area contributed by atoms with Crippen molar-refractivity contribution in [2.24, 2.45) is 0 Å². The zero-order chi connectivity index (χ0) is 10.8. The highest BCUT2D eigenvalue weighted by Gasteiger charge is 2.19. The number of nitrogens with zero attached hydrogens (tertiary/aromatic N) is 1. The molecule has 2 heterocycles. The van der Waals surface area contributed by atoms with Crippen LogP contribution in [0.25, 0.3) is 0 Å². The van der Waals surface area contributed by atoms with Crippen LogP contribution in [0.15, 0.2) is 6.07 Å². The maximum atomic E-state index is 12.1. The van der Waals surface area contributed by atoms with Crippen LogP contribution < -0.4 is 0 Å². The lowest BCUT2D eigenvalue weighted by atomic mass is 10.1. The summed E-state index contributed by atoms with van der Waals surface area (Å²) < 4.78 is 0. The minimum absolute atomic E-state index is 0.232. The summed E-state index contributed by atoms with van der Waals surface area (Å²) >= 11 is 1.62. The molecule has 0 spiro atoms. The third-order valence-electron chi connectivity index (χ3n) is 3.02. The van der Waals surface area contributed by atoms with Crippen LogP contribution in [0.1, 0.15) is 39.4 Å². The van der Waals surface area contributed by atoms with Gasteiger partial charge in [0.1, 0.15) is 0 Å². The average molecular weight is 223 g/mol. The molecule has 0 atom stereocenters. The largest absolute Gasteiger partial charge is 0.338 e. The van der Waals surface area contributed by atoms with Gasteiger partial charge in [-0.05, 0) is 44.7 Å². The minimum atomic E-state index is 0.232. The molecule has 1 aliphatic rings. The van der Waals surface area contributed by atoms with E-state index >= 15 is 0 Å². The van der Waals surface area contributed by atoms with Gasteiger partial charge in [-0.15, -0.1) is 11.3 Å². The summed E-state index contributed by atoms with van der Waals surface area (Å²) in [5.74, 6) is 0.232. The molecule has 2 nitrogen and oxygen atoms in total. The number of amides is 1. The zero-order valence-electron chi connectivity index (χ0n) is 9.38. The Hall–Kier alpha value is -0.830. The van der Waals surface area contributed by atoms with Crippen LogP contribution in [0, 0.1) is 13.8 Å². The van der Waals surface area contributed by atoms with E-state index in [1.165, 1.54) is 16.9 Å². The summed E-state index contributed by atoms with van der Waals surface area (Å²) in [6.45, 7) is 6.02. The van der Waals surface area contributed by atoms with Crippen molar-refractivity contribution in [1.29, 1.82) is 0 Å². The van der Waals surface area contributed by atoms with Crippen molar-refractivity contribution in [3.63, 3.8) is 0 Å². The summed E-state index contributed by atoms with van der Waals surface area (Å²) in [5.41, 5.74) is 1.24. The van der Waals surface area contributed by atoms with Crippen LogP contribution in [-0.4, -0.2) is 23.9 Å². The predicted molar refractivity (Wildman–Crippen MR) is 63.5 cm³/mol. The fraction of sp³-hybridized carbons (Fsp3) is 0.583. The number of hydrogen-bond donors (Lipinski definition) is 0. The third kappa shape index (κ3) is 2.23. The first-order valence-corrected chi connectivity index (χ1v) is 6.36. The molecule has 1 aromatic rings. The van der Waals surface area contributed by atoms with Crippen molar-refractivity contribution in [2.75, 3.05) is 13.1 Å². The third-order valence-corrected chi connectivity index (χ3v) is 4.16. The van der Waals surface area contributed by atoms with Crippen molar-refractivity contribution in [1.82, 2.24) is 4.90 Å². The van der Waals surface area contributed by atoms with Crippen molar-refractivity contribution < 1.29 is 4.79 Å². The molecule has 1 aromatic heterocycles. The van der Waals surface area contributed by atoms with Gasteiger partial charge in [-0.1, -0.05) is 0 Å². The van der Waals surface area contributed by atoms with E-state index in [1.807, 2.05) is 11.0 Å². The topological polar surface area (TPSA) is 20.3 Å². The lowest BCUT2D eigenvalue weighted by Crippen LogP contribution is -2.35. The SMILES string of the molecule is Cc1cc(C(=O)N2CCCCC2)sc1C. The molecule has 1 fully saturated rings. The molecule has 1 aliphatic heterocycles. The number of carbonyl (C=O) groups excluding carboxylic acids is 1. The van der Waals surface area contributed by atoms with E-state index in [-0.39, 0.29) is 5.91 Å². The number of likely N-dealkylation sites (tertiary alicyclic amines) is 1. The first-order valence-electron chi connectivity index (χ1n) is 5.55. The maximum absolute atomic E-state index is 12.1. The number of carbonyl (C=O) groups is 1. The molecule has 0 aliphatic carbocycles. The van der Waals surface area contributed by atoms with Gasteiger partial charge in [0.05, 0.1) is 4.88 Å². The first kappa shape index (κ1) is 10.7. The lowest BCUT2D eigenvalue weighted by Gasteiger charge is -2.26. The Morgan fingerprint density at radius 1 is 1.27 bits per heavy atom. The van der Waals surface area contributed by atoms with Crippen molar-refractivity contribution in [3.8, 4) is 0 Å². The van der Waals surface area contributed by atoms with Gasteiger partial charge < -0.3 is 4.90 Å². The highest BCUT2D eigenvalue weighted by atomic mass is 32.1. The predicted octanol–water partition coefficient (Wildman–Crippen LogP) is 2.99. The number of thiophene rings is 1. The number of rotatable bonds is 1. The maximum Gasteiger partial charge on any atom is 0.263 e. The molecular formula is C12H17NOS. The van der Waals surface area contributed by atoms with E-state index < -0.39 is 0 Å². The van der Waals surface area contributed by atoms with E-state index in [0.29, 0.717) is 0 Å². The molecule has 0 N–H and O–H groups in total. The van der Waals surface area contributed by atoms with Gasteiger partial charge in [0, 0.05) is 18.0 Å². The van der Waals surface area contributed by atoms with Crippen molar-refractivity contribution in [2.45, 2.75) is 33.1 Å². The summed E-state index contributed by atoms with van der Waals surface area (Å²) in [6.07, 6.45) is 3.59. The van der Waals surface area contributed by atoms with Gasteiger partial charge in [-0.2, -0.15) is 0 Å². The van der Waals surface area contributed by atoms with Gasteiger partial charge in [-0.3, -0.25) is 4.79 Å². The molecule has 0 aromatic carbocycles. The molecule has 0 saturated carbocycles. The monoisotopic (exact) mass is 223 g/mol. The summed E-state index contributed by atoms with van der Waals surface area (Å²) in [6, 6.07) is 2.02. The van der Waals surface area contributed by atoms with Crippen LogP contribution in [-0.2, 0) is 0 Å². The number of aryl methyl sites for hydroxylation is 2. The zero-order valence-corrected chi connectivity index (χ0v) is 10.2. The van der Waals surface area contributed by atoms with Gasteiger partial charge in [0.2, 0.25) is 0 Å². The summed E-state index contributed by atoms with van der Waals surface area (Å²) in [5, 5.41) is 0. The fourth-order valence-corrected chi connectivity index (χ4v) is 2.93. The molecule has 15 heavy (non-hydrogen) atoms. The Bertz CT molecular complexity index is 344. The van der Waals surface area contributed by atoms with E-state index in [2.05, 4.69) is 13.8 Å². The summed E-state index contributed by atoms with van der Waals surface area (Å²) in [4.78, 5) is 16.3. The molecular weight excluding hydrogens is 206 g/mol. The lowest BCUT2D eigenvalue weighted by molar-refractivity contribution is 0.0729. The average Bonchev–Trinajstić information content (AvgIpc) is 2.59. The molecule has 3 heteroatoms. The van der Waals surface area contributed by atoms with Gasteiger partial charge in [0.15, 0.2) is 0 Å². The minimum Gasteiger partial charge on any atom is -0.338 e. The standard InChI is InChI=1S/C12H17NOS/c1-9-8-11(15-10(9)2)12(14)13-6-4-3-5-7-13/h8H,3-7H2,1-2H3. The second-order valence-corrected chi connectivity index (χ2v) is 5.46. The van der Waals surface area contributed by atoms with E-state index in [0.717, 1.165) is 30.8 Å². The van der Waals surface area contributed by atoms with Crippen LogP contribution in [0.5, 0.6) is 0 Å². The Morgan fingerprint density at radius 2 is 1.93 bits per heavy atom. The Morgan fingerprint density at radius 3 is 2.47 bits per heavy atom. The first-order chi connectivity index (χ1) is 7.18. The van der Waals surface area contributed by atoms with Crippen LogP contribution in [0.4, 0.5) is 0 Å². The Labute approximate surface area is 94.9 Å². The number of hydrogen-bond acceptors (Lipinski definition) is 2. The molecule has 0 radical (unpaired) electrons. The highest BCUT2D eigenvalue weighted by Crippen LogP contribution is 2.23. The molecule has 0 unspecified atom stereocenters. The Kier molecular flexibility index (Phi) is 3.10. The second kappa shape index (κ2) is 4.35. The molecule has 0 bridgehead atoms. The van der Waals surface area contributed by atoms with Crippen molar-refractivity contribution in [3.05, 3.63) is 21.4 Å². The molecule has 82 valence electrons. The normalized spacial score (nSPS) is 16.8. The van der Waals surface area contributed by atoms with Crippen LogP contribution in [0.3, 0.4) is 0 Å². The van der Waals surface area contributed by atoms with E-state index in [9.17, 15) is 4.79 Å². The highest BCUT2D eigenvalue weighted by molar-refractivity contribution is 7.14. The quantitative estimate of drug-likeness (QED) is 0.716.